The molecule has 1 saturated heterocycles. The Morgan fingerprint density at radius 1 is 1.08 bits per heavy atom. The molecule has 1 N–H and O–H groups in total. The van der Waals surface area contributed by atoms with Gasteiger partial charge < -0.3 is 10.2 Å². The van der Waals surface area contributed by atoms with Crippen molar-refractivity contribution in [1.29, 1.82) is 0 Å². The molecule has 80 valence electrons. The summed E-state index contributed by atoms with van der Waals surface area (Å²) < 4.78 is 0. The number of hydrogen-bond donors (Lipinski definition) is 1. The predicted molar refractivity (Wildman–Crippen MR) is 68.9 cm³/mol. The summed E-state index contributed by atoms with van der Waals surface area (Å²) in [5, 5.41) is 3.37. The van der Waals surface area contributed by atoms with Crippen molar-refractivity contribution < 1.29 is 0 Å². The highest BCUT2D eigenvalue weighted by Crippen LogP contribution is 2.01. The van der Waals surface area contributed by atoms with Crippen LogP contribution in [0.1, 0.15) is 32.6 Å². The maximum absolute atomic E-state index is 3.37. The zero-order chi connectivity index (χ0) is 8.65. The molecule has 2 nitrogen and oxygen atoms in total. The Balaban J connectivity index is 0.00000144. The highest BCUT2D eigenvalue weighted by atomic mass is 127. The minimum Gasteiger partial charge on any atom is -0.314 e. The average Bonchev–Trinajstić information content (AvgIpc) is 2.14. The SMILES string of the molecule is CCCCCCN1CCNCC1.I. The molecule has 0 atom stereocenters. The highest BCUT2D eigenvalue weighted by Gasteiger charge is 2.07. The predicted octanol–water partition coefficient (Wildman–Crippen LogP) is 2.09. The first kappa shape index (κ1) is 13.7. The number of unbranched alkanes of at least 4 members (excludes halogenated alkanes) is 3. The number of nitrogens with zero attached hydrogens (tertiary/aromatic N) is 1. The molecule has 0 aliphatic carbocycles. The van der Waals surface area contributed by atoms with Gasteiger partial charge in [-0.25, -0.2) is 0 Å². The molecule has 1 aliphatic heterocycles. The van der Waals surface area contributed by atoms with Crippen LogP contribution < -0.4 is 5.32 Å². The average molecular weight is 298 g/mol. The highest BCUT2D eigenvalue weighted by molar-refractivity contribution is 14.0. The quantitative estimate of drug-likeness (QED) is 0.617. The van der Waals surface area contributed by atoms with Crippen molar-refractivity contribution in [3.8, 4) is 0 Å². The summed E-state index contributed by atoms with van der Waals surface area (Å²) in [5.74, 6) is 0. The van der Waals surface area contributed by atoms with Gasteiger partial charge in [-0.15, -0.1) is 24.0 Å². The molecule has 1 rings (SSSR count). The van der Waals surface area contributed by atoms with Crippen molar-refractivity contribution in [3.05, 3.63) is 0 Å². The Morgan fingerprint density at radius 3 is 2.38 bits per heavy atom. The number of halogens is 1. The van der Waals surface area contributed by atoms with Crippen molar-refractivity contribution >= 4 is 24.0 Å². The maximum atomic E-state index is 3.37. The van der Waals surface area contributed by atoms with Crippen LogP contribution in [0.3, 0.4) is 0 Å². The molecule has 0 spiro atoms. The van der Waals surface area contributed by atoms with Crippen LogP contribution in [0.4, 0.5) is 0 Å². The lowest BCUT2D eigenvalue weighted by molar-refractivity contribution is 0.236. The molecule has 1 fully saturated rings. The molecule has 0 amide bonds. The lowest BCUT2D eigenvalue weighted by Crippen LogP contribution is -2.43. The van der Waals surface area contributed by atoms with E-state index in [4.69, 9.17) is 0 Å². The molecule has 0 aromatic heterocycles. The molecule has 3 heteroatoms. The Hall–Kier alpha value is 0.650. The van der Waals surface area contributed by atoms with Crippen LogP contribution in [0.5, 0.6) is 0 Å². The summed E-state index contributed by atoms with van der Waals surface area (Å²) in [6.45, 7) is 8.48. The van der Waals surface area contributed by atoms with Gasteiger partial charge in [-0.1, -0.05) is 26.2 Å². The molecular weight excluding hydrogens is 275 g/mol. The topological polar surface area (TPSA) is 15.3 Å². The monoisotopic (exact) mass is 298 g/mol. The minimum absolute atomic E-state index is 0. The van der Waals surface area contributed by atoms with E-state index in [-0.39, 0.29) is 24.0 Å². The van der Waals surface area contributed by atoms with Crippen LogP contribution in [-0.4, -0.2) is 37.6 Å². The molecule has 1 heterocycles. The molecule has 0 bridgehead atoms. The summed E-state index contributed by atoms with van der Waals surface area (Å²) in [6.07, 6.45) is 5.57. The first-order valence-corrected chi connectivity index (χ1v) is 5.36. The second-order valence-corrected chi connectivity index (χ2v) is 3.65. The third-order valence-electron chi connectivity index (χ3n) is 2.54. The molecule has 0 aromatic carbocycles. The molecule has 1 aliphatic rings. The third kappa shape index (κ3) is 6.69. The van der Waals surface area contributed by atoms with Crippen molar-refractivity contribution in [2.45, 2.75) is 32.6 Å². The Morgan fingerprint density at radius 2 is 1.77 bits per heavy atom. The standard InChI is InChI=1S/C10H22N2.HI/c1-2-3-4-5-8-12-9-6-11-7-10-12;/h11H,2-10H2,1H3;1H. The van der Waals surface area contributed by atoms with Crippen molar-refractivity contribution in [3.63, 3.8) is 0 Å². The first-order chi connectivity index (χ1) is 5.93. The zero-order valence-electron chi connectivity index (χ0n) is 8.72. The fourth-order valence-corrected chi connectivity index (χ4v) is 1.70. The van der Waals surface area contributed by atoms with Gasteiger partial charge in [0.25, 0.3) is 0 Å². The van der Waals surface area contributed by atoms with Gasteiger partial charge in [0, 0.05) is 26.2 Å². The Kier molecular flexibility index (Phi) is 9.68. The molecule has 13 heavy (non-hydrogen) atoms. The molecule has 0 radical (unpaired) electrons. The third-order valence-corrected chi connectivity index (χ3v) is 2.54. The zero-order valence-corrected chi connectivity index (χ0v) is 11.0. The fraction of sp³-hybridized carbons (Fsp3) is 1.00. The summed E-state index contributed by atoms with van der Waals surface area (Å²) in [4.78, 5) is 2.58. The van der Waals surface area contributed by atoms with Crippen LogP contribution >= 0.6 is 24.0 Å². The molecule has 0 unspecified atom stereocenters. The summed E-state index contributed by atoms with van der Waals surface area (Å²) in [5.41, 5.74) is 0. The lowest BCUT2D eigenvalue weighted by Gasteiger charge is -2.26. The number of piperazine rings is 1. The van der Waals surface area contributed by atoms with Gasteiger partial charge in [0.2, 0.25) is 0 Å². The van der Waals surface area contributed by atoms with Crippen LogP contribution in [0.15, 0.2) is 0 Å². The van der Waals surface area contributed by atoms with E-state index in [1.807, 2.05) is 0 Å². The van der Waals surface area contributed by atoms with E-state index < -0.39 is 0 Å². The summed E-state index contributed by atoms with van der Waals surface area (Å²) in [7, 11) is 0. The van der Waals surface area contributed by atoms with Gasteiger partial charge in [0.15, 0.2) is 0 Å². The van der Waals surface area contributed by atoms with Crippen molar-refractivity contribution in [2.24, 2.45) is 0 Å². The minimum atomic E-state index is 0. The second-order valence-electron chi connectivity index (χ2n) is 3.65. The smallest absolute Gasteiger partial charge is 0.0107 e. The summed E-state index contributed by atoms with van der Waals surface area (Å²) >= 11 is 0. The molecular formula is C10H23IN2. The van der Waals surface area contributed by atoms with E-state index in [9.17, 15) is 0 Å². The van der Waals surface area contributed by atoms with Gasteiger partial charge in [-0.3, -0.25) is 0 Å². The number of rotatable bonds is 5. The van der Waals surface area contributed by atoms with E-state index in [0.717, 1.165) is 0 Å². The van der Waals surface area contributed by atoms with Gasteiger partial charge >= 0.3 is 0 Å². The largest absolute Gasteiger partial charge is 0.314 e. The van der Waals surface area contributed by atoms with E-state index in [0.29, 0.717) is 0 Å². The van der Waals surface area contributed by atoms with E-state index in [1.54, 1.807) is 0 Å². The van der Waals surface area contributed by atoms with Crippen LogP contribution in [0.2, 0.25) is 0 Å². The van der Waals surface area contributed by atoms with Crippen LogP contribution in [0, 0.1) is 0 Å². The molecule has 0 saturated carbocycles. The Bertz CT molecular complexity index is 103. The second kappa shape index (κ2) is 9.21. The van der Waals surface area contributed by atoms with Gasteiger partial charge in [0.1, 0.15) is 0 Å². The van der Waals surface area contributed by atoms with Gasteiger partial charge in [-0.2, -0.15) is 0 Å². The number of nitrogens with one attached hydrogen (secondary N) is 1. The van der Waals surface area contributed by atoms with Crippen LogP contribution in [0.25, 0.3) is 0 Å². The van der Waals surface area contributed by atoms with E-state index >= 15 is 0 Å². The van der Waals surface area contributed by atoms with Crippen LogP contribution in [-0.2, 0) is 0 Å². The first-order valence-electron chi connectivity index (χ1n) is 5.36. The maximum Gasteiger partial charge on any atom is 0.0107 e. The Labute approximate surface area is 99.5 Å². The van der Waals surface area contributed by atoms with Gasteiger partial charge in [-0.05, 0) is 13.0 Å². The van der Waals surface area contributed by atoms with Crippen molar-refractivity contribution in [2.75, 3.05) is 32.7 Å². The van der Waals surface area contributed by atoms with Gasteiger partial charge in [0.05, 0.1) is 0 Å². The lowest BCUT2D eigenvalue weighted by atomic mass is 10.2. The van der Waals surface area contributed by atoms with E-state index in [1.165, 1.54) is 58.4 Å². The molecule has 0 aromatic rings. The summed E-state index contributed by atoms with van der Waals surface area (Å²) in [6, 6.07) is 0. The fourth-order valence-electron chi connectivity index (χ4n) is 1.70. The van der Waals surface area contributed by atoms with Crippen molar-refractivity contribution in [1.82, 2.24) is 10.2 Å². The number of hydrogen-bond acceptors (Lipinski definition) is 2. The normalized spacial score (nSPS) is 18.2. The van der Waals surface area contributed by atoms with E-state index in [2.05, 4.69) is 17.1 Å².